The fourth-order valence-electron chi connectivity index (χ4n) is 1.53. The maximum absolute atomic E-state index is 9.48. The van der Waals surface area contributed by atoms with Crippen LogP contribution in [0.25, 0.3) is 0 Å². The molecule has 1 aromatic rings. The number of rotatable bonds is 2. The first kappa shape index (κ1) is 8.53. The van der Waals surface area contributed by atoms with Crippen LogP contribution in [0.5, 0.6) is 5.75 Å². The second-order valence-electron chi connectivity index (χ2n) is 3.22. The van der Waals surface area contributed by atoms with Crippen LogP contribution in [-0.2, 0) is 6.42 Å². The molecule has 0 saturated heterocycles. The quantitative estimate of drug-likeness (QED) is 0.699. The number of ether oxygens (including phenoxy) is 1. The van der Waals surface area contributed by atoms with Crippen molar-refractivity contribution in [1.29, 1.82) is 0 Å². The van der Waals surface area contributed by atoms with E-state index < -0.39 is 6.10 Å². The van der Waals surface area contributed by atoms with E-state index in [0.717, 1.165) is 24.3 Å². The van der Waals surface area contributed by atoms with Crippen molar-refractivity contribution < 1.29 is 9.84 Å². The zero-order chi connectivity index (χ0) is 9.26. The van der Waals surface area contributed by atoms with E-state index in [2.05, 4.69) is 0 Å². The minimum Gasteiger partial charge on any atom is -0.493 e. The molecule has 3 nitrogen and oxygen atoms in total. The second kappa shape index (κ2) is 3.36. The van der Waals surface area contributed by atoms with Gasteiger partial charge >= 0.3 is 0 Å². The predicted octanol–water partition coefficient (Wildman–Crippen LogP) is 0.614. The van der Waals surface area contributed by atoms with Crippen LogP contribution in [0.15, 0.2) is 18.2 Å². The van der Waals surface area contributed by atoms with Crippen LogP contribution >= 0.6 is 0 Å². The van der Waals surface area contributed by atoms with Crippen LogP contribution in [0.3, 0.4) is 0 Å². The lowest BCUT2D eigenvalue weighted by molar-refractivity contribution is 0.186. The van der Waals surface area contributed by atoms with Crippen LogP contribution < -0.4 is 10.5 Å². The van der Waals surface area contributed by atoms with E-state index in [0.29, 0.717) is 0 Å². The predicted molar refractivity (Wildman–Crippen MR) is 49.7 cm³/mol. The van der Waals surface area contributed by atoms with Gasteiger partial charge in [0.25, 0.3) is 0 Å². The summed E-state index contributed by atoms with van der Waals surface area (Å²) in [5.74, 6) is 0.894. The van der Waals surface area contributed by atoms with E-state index in [-0.39, 0.29) is 6.54 Å². The van der Waals surface area contributed by atoms with Crippen molar-refractivity contribution in [3.8, 4) is 5.75 Å². The van der Waals surface area contributed by atoms with Crippen molar-refractivity contribution in [2.24, 2.45) is 5.73 Å². The molecule has 0 spiro atoms. The Kier molecular flexibility index (Phi) is 2.20. The SMILES string of the molecule is NC[C@H](O)c1ccc2c(c1)OCC2. The summed E-state index contributed by atoms with van der Waals surface area (Å²) in [4.78, 5) is 0. The average molecular weight is 179 g/mol. The Labute approximate surface area is 77.1 Å². The third-order valence-electron chi connectivity index (χ3n) is 2.33. The molecule has 3 heteroatoms. The third-order valence-corrected chi connectivity index (χ3v) is 2.33. The van der Waals surface area contributed by atoms with Crippen LogP contribution in [-0.4, -0.2) is 18.3 Å². The van der Waals surface area contributed by atoms with Gasteiger partial charge in [-0.2, -0.15) is 0 Å². The van der Waals surface area contributed by atoms with Crippen molar-refractivity contribution in [2.75, 3.05) is 13.2 Å². The first-order valence-corrected chi connectivity index (χ1v) is 4.45. The highest BCUT2D eigenvalue weighted by atomic mass is 16.5. The molecule has 1 aliphatic heterocycles. The van der Waals surface area contributed by atoms with Crippen molar-refractivity contribution in [1.82, 2.24) is 0 Å². The lowest BCUT2D eigenvalue weighted by Crippen LogP contribution is -2.11. The molecule has 2 rings (SSSR count). The molecule has 0 saturated carbocycles. The Bertz CT molecular complexity index is 312. The topological polar surface area (TPSA) is 55.5 Å². The van der Waals surface area contributed by atoms with Crippen LogP contribution in [0.4, 0.5) is 0 Å². The number of benzene rings is 1. The fourth-order valence-corrected chi connectivity index (χ4v) is 1.53. The lowest BCUT2D eigenvalue weighted by Gasteiger charge is -2.09. The molecule has 0 radical (unpaired) electrons. The summed E-state index contributed by atoms with van der Waals surface area (Å²) in [7, 11) is 0. The molecular weight excluding hydrogens is 166 g/mol. The van der Waals surface area contributed by atoms with Gasteiger partial charge in [-0.1, -0.05) is 12.1 Å². The molecule has 0 bridgehead atoms. The van der Waals surface area contributed by atoms with Crippen molar-refractivity contribution in [3.63, 3.8) is 0 Å². The number of hydrogen-bond acceptors (Lipinski definition) is 3. The molecule has 3 N–H and O–H groups in total. The van der Waals surface area contributed by atoms with Crippen LogP contribution in [0.2, 0.25) is 0 Å². The summed E-state index contributed by atoms with van der Waals surface area (Å²) < 4.78 is 5.38. The number of aliphatic hydroxyl groups excluding tert-OH is 1. The fraction of sp³-hybridized carbons (Fsp3) is 0.400. The molecule has 0 aromatic heterocycles. The normalized spacial score (nSPS) is 16.5. The molecule has 0 unspecified atom stereocenters. The van der Waals surface area contributed by atoms with Gasteiger partial charge in [0.2, 0.25) is 0 Å². The Balaban J connectivity index is 2.30. The number of fused-ring (bicyclic) bond motifs is 1. The van der Waals surface area contributed by atoms with Gasteiger partial charge < -0.3 is 15.6 Å². The molecular formula is C10H13NO2. The number of nitrogens with two attached hydrogens (primary N) is 1. The van der Waals surface area contributed by atoms with Crippen molar-refractivity contribution in [3.05, 3.63) is 29.3 Å². The maximum Gasteiger partial charge on any atom is 0.122 e. The molecule has 1 aromatic carbocycles. The molecule has 1 atom stereocenters. The Morgan fingerprint density at radius 1 is 1.54 bits per heavy atom. The van der Waals surface area contributed by atoms with Gasteiger partial charge in [0, 0.05) is 13.0 Å². The van der Waals surface area contributed by atoms with E-state index in [1.807, 2.05) is 18.2 Å². The molecule has 1 aliphatic rings. The van der Waals surface area contributed by atoms with Crippen LogP contribution in [0.1, 0.15) is 17.2 Å². The molecule has 0 amide bonds. The molecule has 1 heterocycles. The summed E-state index contributed by atoms with van der Waals surface area (Å²) in [6.07, 6.45) is 0.392. The Hall–Kier alpha value is -1.06. The number of hydrogen-bond donors (Lipinski definition) is 2. The van der Waals surface area contributed by atoms with Gasteiger partial charge in [0.05, 0.1) is 12.7 Å². The van der Waals surface area contributed by atoms with E-state index in [1.54, 1.807) is 0 Å². The van der Waals surface area contributed by atoms with E-state index >= 15 is 0 Å². The van der Waals surface area contributed by atoms with Crippen molar-refractivity contribution in [2.45, 2.75) is 12.5 Å². The number of aliphatic hydroxyl groups is 1. The second-order valence-corrected chi connectivity index (χ2v) is 3.22. The summed E-state index contributed by atoms with van der Waals surface area (Å²) in [6.45, 7) is 0.996. The van der Waals surface area contributed by atoms with E-state index in [9.17, 15) is 5.11 Å². The third kappa shape index (κ3) is 1.53. The highest BCUT2D eigenvalue weighted by Crippen LogP contribution is 2.28. The minimum atomic E-state index is -0.575. The van der Waals surface area contributed by atoms with Crippen molar-refractivity contribution >= 4 is 0 Å². The average Bonchev–Trinajstić information content (AvgIpc) is 2.63. The smallest absolute Gasteiger partial charge is 0.122 e. The van der Waals surface area contributed by atoms with E-state index in [4.69, 9.17) is 10.5 Å². The summed E-state index contributed by atoms with van der Waals surface area (Å²) in [5, 5.41) is 9.48. The standard InChI is InChI=1S/C10H13NO2/c11-6-9(12)8-2-1-7-3-4-13-10(7)5-8/h1-2,5,9,12H,3-4,6,11H2/t9-/m0/s1. The monoisotopic (exact) mass is 179 g/mol. The summed E-state index contributed by atoms with van der Waals surface area (Å²) in [6, 6.07) is 5.78. The maximum atomic E-state index is 9.48. The van der Waals surface area contributed by atoms with Crippen LogP contribution in [0, 0.1) is 0 Å². The molecule has 0 aliphatic carbocycles. The summed E-state index contributed by atoms with van der Waals surface area (Å²) in [5.41, 5.74) is 7.41. The van der Waals surface area contributed by atoms with Gasteiger partial charge in [-0.25, -0.2) is 0 Å². The molecule has 13 heavy (non-hydrogen) atoms. The largest absolute Gasteiger partial charge is 0.493 e. The Morgan fingerprint density at radius 2 is 2.38 bits per heavy atom. The van der Waals surface area contributed by atoms with Gasteiger partial charge in [-0.15, -0.1) is 0 Å². The van der Waals surface area contributed by atoms with Gasteiger partial charge in [0.1, 0.15) is 5.75 Å². The zero-order valence-electron chi connectivity index (χ0n) is 7.36. The van der Waals surface area contributed by atoms with Gasteiger partial charge in [-0.05, 0) is 17.2 Å². The summed E-state index contributed by atoms with van der Waals surface area (Å²) >= 11 is 0. The molecule has 70 valence electrons. The zero-order valence-corrected chi connectivity index (χ0v) is 7.36. The van der Waals surface area contributed by atoms with E-state index in [1.165, 1.54) is 5.56 Å². The highest BCUT2D eigenvalue weighted by molar-refractivity contribution is 5.40. The molecule has 0 fully saturated rings. The van der Waals surface area contributed by atoms with Gasteiger partial charge in [0.15, 0.2) is 0 Å². The lowest BCUT2D eigenvalue weighted by atomic mass is 10.1. The first-order valence-electron chi connectivity index (χ1n) is 4.45. The Morgan fingerprint density at radius 3 is 3.15 bits per heavy atom. The van der Waals surface area contributed by atoms with Gasteiger partial charge in [-0.3, -0.25) is 0 Å². The highest BCUT2D eigenvalue weighted by Gasteiger charge is 2.14. The minimum absolute atomic E-state index is 0.249. The first-order chi connectivity index (χ1) is 6.31.